The van der Waals surface area contributed by atoms with Crippen LogP contribution in [-0.4, -0.2) is 31.1 Å². The highest BCUT2D eigenvalue weighted by atomic mass is 79.9. The van der Waals surface area contributed by atoms with Gasteiger partial charge in [-0.05, 0) is 34.5 Å². The molecule has 1 fully saturated rings. The molecule has 112 valence electrons. The third-order valence-corrected chi connectivity index (χ3v) is 4.45. The van der Waals surface area contributed by atoms with E-state index in [1.807, 2.05) is 0 Å². The molecule has 0 unspecified atom stereocenters. The average molecular weight is 347 g/mol. The van der Waals surface area contributed by atoms with Crippen LogP contribution < -0.4 is 5.32 Å². The summed E-state index contributed by atoms with van der Waals surface area (Å²) in [5.74, 6) is -0.894. The number of nitrogens with zero attached hydrogens (tertiary/aromatic N) is 1. The minimum atomic E-state index is -0.454. The first-order valence-corrected chi connectivity index (χ1v) is 8.02. The Morgan fingerprint density at radius 2 is 2.00 bits per heavy atom. The lowest BCUT2D eigenvalue weighted by Crippen LogP contribution is -2.45. The second-order valence-corrected chi connectivity index (χ2v) is 6.06. The number of rotatable bonds is 5. The fourth-order valence-electron chi connectivity index (χ4n) is 2.75. The first-order chi connectivity index (χ1) is 9.65. The Bertz CT molecular complexity index is 448. The molecule has 0 amide bonds. The van der Waals surface area contributed by atoms with Crippen LogP contribution in [0, 0.1) is 11.6 Å². The summed E-state index contributed by atoms with van der Waals surface area (Å²) >= 11 is 3.17. The lowest BCUT2D eigenvalue weighted by molar-refractivity contribution is 0.156. The molecule has 5 heteroatoms. The van der Waals surface area contributed by atoms with E-state index in [4.69, 9.17) is 0 Å². The van der Waals surface area contributed by atoms with Gasteiger partial charge in [-0.1, -0.05) is 19.8 Å². The van der Waals surface area contributed by atoms with Crippen LogP contribution in [0.25, 0.3) is 0 Å². The molecule has 1 N–H and O–H groups in total. The van der Waals surface area contributed by atoms with Gasteiger partial charge in [-0.2, -0.15) is 0 Å². The van der Waals surface area contributed by atoms with E-state index in [1.54, 1.807) is 0 Å². The van der Waals surface area contributed by atoms with E-state index in [0.717, 1.165) is 45.4 Å². The van der Waals surface area contributed by atoms with Gasteiger partial charge in [0.2, 0.25) is 0 Å². The van der Waals surface area contributed by atoms with Crippen molar-refractivity contribution < 1.29 is 8.78 Å². The Morgan fingerprint density at radius 1 is 1.30 bits per heavy atom. The molecule has 0 saturated carbocycles. The number of piperazine rings is 1. The molecular weight excluding hydrogens is 326 g/mol. The lowest BCUT2D eigenvalue weighted by Gasteiger charge is -2.35. The molecule has 20 heavy (non-hydrogen) atoms. The molecule has 2 nitrogen and oxygen atoms in total. The van der Waals surface area contributed by atoms with Crippen molar-refractivity contribution in [1.29, 1.82) is 0 Å². The molecular formula is C15H21BrF2N2. The van der Waals surface area contributed by atoms with E-state index in [2.05, 4.69) is 33.1 Å². The Hall–Kier alpha value is -0.520. The number of nitrogens with one attached hydrogen (secondary N) is 1. The van der Waals surface area contributed by atoms with Gasteiger partial charge in [0.25, 0.3) is 0 Å². The molecule has 1 saturated heterocycles. The van der Waals surface area contributed by atoms with Gasteiger partial charge in [-0.15, -0.1) is 0 Å². The minimum Gasteiger partial charge on any atom is -0.314 e. The van der Waals surface area contributed by atoms with Gasteiger partial charge < -0.3 is 5.32 Å². The molecule has 1 aromatic rings. The van der Waals surface area contributed by atoms with Gasteiger partial charge in [0.1, 0.15) is 11.6 Å². The van der Waals surface area contributed by atoms with Crippen molar-refractivity contribution in [1.82, 2.24) is 10.2 Å². The Kier molecular flexibility index (Phi) is 5.93. The molecule has 1 aliphatic rings. The molecule has 0 bridgehead atoms. The van der Waals surface area contributed by atoms with E-state index < -0.39 is 11.6 Å². The zero-order valence-corrected chi connectivity index (χ0v) is 13.3. The highest BCUT2D eigenvalue weighted by Crippen LogP contribution is 2.33. The fourth-order valence-corrected chi connectivity index (χ4v) is 3.09. The monoisotopic (exact) mass is 346 g/mol. The third-order valence-electron chi connectivity index (χ3n) is 3.84. The minimum absolute atomic E-state index is 0.172. The fraction of sp³-hybridized carbons (Fsp3) is 0.600. The summed E-state index contributed by atoms with van der Waals surface area (Å²) in [6.07, 6.45) is 2.79. The predicted molar refractivity (Wildman–Crippen MR) is 80.8 cm³/mol. The maximum absolute atomic E-state index is 14.4. The zero-order chi connectivity index (χ0) is 14.5. The Morgan fingerprint density at radius 3 is 2.65 bits per heavy atom. The second kappa shape index (κ2) is 7.48. The van der Waals surface area contributed by atoms with Crippen molar-refractivity contribution in [3.05, 3.63) is 33.8 Å². The molecule has 1 atom stereocenters. The Labute approximate surface area is 127 Å². The van der Waals surface area contributed by atoms with Crippen LogP contribution in [0.2, 0.25) is 0 Å². The Balaban J connectivity index is 2.32. The van der Waals surface area contributed by atoms with Crippen molar-refractivity contribution in [2.24, 2.45) is 0 Å². The van der Waals surface area contributed by atoms with Gasteiger partial charge in [0.15, 0.2) is 0 Å². The quantitative estimate of drug-likeness (QED) is 0.814. The van der Waals surface area contributed by atoms with Gasteiger partial charge >= 0.3 is 0 Å². The average Bonchev–Trinajstić information content (AvgIpc) is 2.47. The van der Waals surface area contributed by atoms with Crippen LogP contribution in [0.5, 0.6) is 0 Å². The predicted octanol–water partition coefficient (Wildman–Crippen LogP) is 3.86. The second-order valence-electron chi connectivity index (χ2n) is 5.20. The summed E-state index contributed by atoms with van der Waals surface area (Å²) < 4.78 is 28.9. The molecule has 1 aromatic carbocycles. The van der Waals surface area contributed by atoms with E-state index in [0.29, 0.717) is 4.47 Å². The summed E-state index contributed by atoms with van der Waals surface area (Å²) in [5.41, 5.74) is 0.217. The van der Waals surface area contributed by atoms with Gasteiger partial charge in [-0.3, -0.25) is 4.90 Å². The van der Waals surface area contributed by atoms with Crippen LogP contribution in [0.1, 0.15) is 37.8 Å². The standard InChI is InChI=1S/C15H21BrF2N2/c1-2-3-4-13(20-9-7-19-8-10-20)14-12(17)6-5-11(16)15(14)18/h5-6,13,19H,2-4,7-10H2,1H3/t13-/m1/s1. The largest absolute Gasteiger partial charge is 0.314 e. The molecule has 2 rings (SSSR count). The smallest absolute Gasteiger partial charge is 0.145 e. The summed E-state index contributed by atoms with van der Waals surface area (Å²) in [6.45, 7) is 5.52. The van der Waals surface area contributed by atoms with Gasteiger partial charge in [0, 0.05) is 37.8 Å². The molecule has 0 aliphatic carbocycles. The highest BCUT2D eigenvalue weighted by Gasteiger charge is 2.27. The molecule has 1 heterocycles. The van der Waals surface area contributed by atoms with Gasteiger partial charge in [-0.25, -0.2) is 8.78 Å². The number of hydrogen-bond acceptors (Lipinski definition) is 2. The lowest BCUT2D eigenvalue weighted by atomic mass is 9.97. The first-order valence-electron chi connectivity index (χ1n) is 7.23. The van der Waals surface area contributed by atoms with Crippen LogP contribution in [0.3, 0.4) is 0 Å². The molecule has 0 aromatic heterocycles. The van der Waals surface area contributed by atoms with Crippen molar-refractivity contribution in [2.45, 2.75) is 32.2 Å². The number of hydrogen-bond donors (Lipinski definition) is 1. The van der Waals surface area contributed by atoms with Crippen LogP contribution >= 0.6 is 15.9 Å². The van der Waals surface area contributed by atoms with E-state index in [1.165, 1.54) is 12.1 Å². The number of unbranched alkanes of at least 4 members (excludes halogenated alkanes) is 1. The maximum Gasteiger partial charge on any atom is 0.145 e. The normalized spacial score (nSPS) is 18.2. The van der Waals surface area contributed by atoms with Crippen molar-refractivity contribution in [3.8, 4) is 0 Å². The van der Waals surface area contributed by atoms with Crippen molar-refractivity contribution in [3.63, 3.8) is 0 Å². The summed E-state index contributed by atoms with van der Waals surface area (Å²) in [7, 11) is 0. The van der Waals surface area contributed by atoms with Crippen LogP contribution in [0.15, 0.2) is 16.6 Å². The van der Waals surface area contributed by atoms with Crippen LogP contribution in [0.4, 0.5) is 8.78 Å². The van der Waals surface area contributed by atoms with E-state index >= 15 is 0 Å². The van der Waals surface area contributed by atoms with Gasteiger partial charge in [0.05, 0.1) is 4.47 Å². The summed E-state index contributed by atoms with van der Waals surface area (Å²) in [5, 5.41) is 3.28. The highest BCUT2D eigenvalue weighted by molar-refractivity contribution is 9.10. The molecule has 0 radical (unpaired) electrons. The maximum atomic E-state index is 14.4. The molecule has 0 spiro atoms. The number of benzene rings is 1. The molecule has 1 aliphatic heterocycles. The summed E-state index contributed by atoms with van der Waals surface area (Å²) in [4.78, 5) is 2.19. The van der Waals surface area contributed by atoms with Crippen molar-refractivity contribution in [2.75, 3.05) is 26.2 Å². The first kappa shape index (κ1) is 15.9. The van der Waals surface area contributed by atoms with E-state index in [9.17, 15) is 8.78 Å². The third kappa shape index (κ3) is 3.57. The van der Waals surface area contributed by atoms with Crippen LogP contribution in [-0.2, 0) is 0 Å². The van der Waals surface area contributed by atoms with Crippen molar-refractivity contribution >= 4 is 15.9 Å². The number of halogens is 3. The SMILES string of the molecule is CCCC[C@H](c1c(F)ccc(Br)c1F)N1CCNCC1. The zero-order valence-electron chi connectivity index (χ0n) is 11.8. The topological polar surface area (TPSA) is 15.3 Å². The van der Waals surface area contributed by atoms with E-state index in [-0.39, 0.29) is 11.6 Å². The summed E-state index contributed by atoms with van der Waals surface area (Å²) in [6, 6.07) is 2.61.